The highest BCUT2D eigenvalue weighted by molar-refractivity contribution is 7.17. The van der Waals surface area contributed by atoms with Gasteiger partial charge in [-0.05, 0) is 5.56 Å². The van der Waals surface area contributed by atoms with Crippen LogP contribution < -0.4 is 15.4 Å². The first-order chi connectivity index (χ1) is 11.2. The molecule has 0 amide bonds. The van der Waals surface area contributed by atoms with Crippen LogP contribution in [-0.2, 0) is 0 Å². The monoisotopic (exact) mass is 327 g/mol. The minimum Gasteiger partial charge on any atom is -0.334 e. The van der Waals surface area contributed by atoms with Gasteiger partial charge in [0.05, 0.1) is 38.6 Å². The molecule has 0 atom stereocenters. The molecule has 0 saturated carbocycles. The van der Waals surface area contributed by atoms with Gasteiger partial charge in [-0.2, -0.15) is 0 Å². The van der Waals surface area contributed by atoms with E-state index in [1.54, 1.807) is 0 Å². The molecule has 5 nitrogen and oxygen atoms in total. The van der Waals surface area contributed by atoms with Crippen LogP contribution in [-0.4, -0.2) is 43.2 Å². The van der Waals surface area contributed by atoms with Crippen molar-refractivity contribution in [2.75, 3.05) is 38.1 Å². The summed E-state index contributed by atoms with van der Waals surface area (Å²) in [7, 11) is 2.20. The van der Waals surface area contributed by atoms with Crippen LogP contribution in [0.4, 0.5) is 5.95 Å². The van der Waals surface area contributed by atoms with Gasteiger partial charge in [0.25, 0.3) is 5.56 Å². The zero-order chi connectivity index (χ0) is 15.8. The van der Waals surface area contributed by atoms with Gasteiger partial charge < -0.3 is 9.80 Å². The Morgan fingerprint density at radius 1 is 1.22 bits per heavy atom. The van der Waals surface area contributed by atoms with Gasteiger partial charge in [-0.1, -0.05) is 30.3 Å². The number of piperazine rings is 1. The van der Waals surface area contributed by atoms with E-state index in [1.807, 2.05) is 35.7 Å². The van der Waals surface area contributed by atoms with Gasteiger partial charge in [0.2, 0.25) is 5.95 Å². The van der Waals surface area contributed by atoms with Gasteiger partial charge in [0.15, 0.2) is 0 Å². The van der Waals surface area contributed by atoms with E-state index in [-0.39, 0.29) is 5.56 Å². The summed E-state index contributed by atoms with van der Waals surface area (Å²) < 4.78 is 0. The van der Waals surface area contributed by atoms with Crippen molar-refractivity contribution in [2.45, 2.75) is 0 Å². The lowest BCUT2D eigenvalue weighted by molar-refractivity contribution is -0.880. The van der Waals surface area contributed by atoms with Gasteiger partial charge in [-0.15, -0.1) is 11.3 Å². The Balaban J connectivity index is 1.77. The summed E-state index contributed by atoms with van der Waals surface area (Å²) >= 11 is 1.54. The van der Waals surface area contributed by atoms with Crippen molar-refractivity contribution in [3.63, 3.8) is 0 Å². The van der Waals surface area contributed by atoms with Crippen molar-refractivity contribution >= 4 is 27.5 Å². The number of nitrogens with zero attached hydrogens (tertiary/aromatic N) is 2. The first-order valence-electron chi connectivity index (χ1n) is 7.85. The molecule has 1 fully saturated rings. The number of likely N-dealkylation sites (N-methyl/N-ethyl adjacent to an activating group) is 1. The molecule has 0 bridgehead atoms. The second-order valence-corrected chi connectivity index (χ2v) is 6.89. The van der Waals surface area contributed by atoms with Gasteiger partial charge >= 0.3 is 0 Å². The van der Waals surface area contributed by atoms with E-state index in [2.05, 4.69) is 16.9 Å². The normalized spacial score (nSPS) is 16.1. The number of hydrogen-bond acceptors (Lipinski definition) is 4. The molecule has 0 spiro atoms. The zero-order valence-corrected chi connectivity index (χ0v) is 13.8. The Bertz CT molecular complexity index is 878. The summed E-state index contributed by atoms with van der Waals surface area (Å²) in [5.74, 6) is 0.705. The average molecular weight is 327 g/mol. The number of nitrogens with one attached hydrogen (secondary N) is 2. The Morgan fingerprint density at radius 2 is 1.96 bits per heavy atom. The van der Waals surface area contributed by atoms with Crippen molar-refractivity contribution in [3.8, 4) is 11.1 Å². The molecule has 2 aromatic heterocycles. The lowest BCUT2D eigenvalue weighted by Gasteiger charge is -2.30. The minimum absolute atomic E-state index is 0.0450. The SMILES string of the molecule is C[NH+]1CCN(c2nc3scc(-c4ccccc4)c3c(=O)[nH]2)CC1. The summed E-state index contributed by atoms with van der Waals surface area (Å²) in [5.41, 5.74) is 1.98. The molecule has 2 N–H and O–H groups in total. The van der Waals surface area contributed by atoms with Crippen molar-refractivity contribution < 1.29 is 4.90 Å². The molecule has 118 valence electrons. The number of fused-ring (bicyclic) bond motifs is 1. The van der Waals surface area contributed by atoms with Crippen molar-refractivity contribution in [3.05, 3.63) is 46.1 Å². The Hall–Kier alpha value is -2.18. The first-order valence-corrected chi connectivity index (χ1v) is 8.73. The lowest BCUT2D eigenvalue weighted by atomic mass is 10.1. The van der Waals surface area contributed by atoms with Crippen LogP contribution in [0.1, 0.15) is 0 Å². The van der Waals surface area contributed by atoms with Gasteiger partial charge in [0, 0.05) is 10.9 Å². The van der Waals surface area contributed by atoms with E-state index in [4.69, 9.17) is 4.98 Å². The number of aromatic nitrogens is 2. The fourth-order valence-electron chi connectivity index (χ4n) is 3.02. The number of quaternary nitrogens is 1. The number of hydrogen-bond donors (Lipinski definition) is 2. The quantitative estimate of drug-likeness (QED) is 0.738. The maximum Gasteiger partial charge on any atom is 0.261 e. The topological polar surface area (TPSA) is 53.4 Å². The van der Waals surface area contributed by atoms with E-state index in [0.29, 0.717) is 11.3 Å². The third kappa shape index (κ3) is 2.64. The molecular formula is C17H19N4OS+. The maximum atomic E-state index is 12.6. The van der Waals surface area contributed by atoms with Crippen LogP contribution in [0.15, 0.2) is 40.5 Å². The Kier molecular flexibility index (Phi) is 3.63. The Morgan fingerprint density at radius 3 is 2.70 bits per heavy atom. The van der Waals surface area contributed by atoms with E-state index >= 15 is 0 Å². The maximum absolute atomic E-state index is 12.6. The number of rotatable bonds is 2. The summed E-state index contributed by atoms with van der Waals surface area (Å²) in [5, 5.41) is 2.73. The second-order valence-electron chi connectivity index (χ2n) is 6.03. The second kappa shape index (κ2) is 5.79. The van der Waals surface area contributed by atoms with Crippen LogP contribution >= 0.6 is 11.3 Å². The number of aromatic amines is 1. The van der Waals surface area contributed by atoms with E-state index < -0.39 is 0 Å². The molecule has 1 aromatic carbocycles. The number of H-pyrrole nitrogens is 1. The molecule has 1 aliphatic rings. The molecular weight excluding hydrogens is 308 g/mol. The molecule has 3 heterocycles. The van der Waals surface area contributed by atoms with Gasteiger partial charge in [-0.3, -0.25) is 9.78 Å². The fourth-order valence-corrected chi connectivity index (χ4v) is 3.96. The molecule has 23 heavy (non-hydrogen) atoms. The van der Waals surface area contributed by atoms with E-state index in [1.165, 1.54) is 16.2 Å². The smallest absolute Gasteiger partial charge is 0.261 e. The molecule has 4 rings (SSSR count). The van der Waals surface area contributed by atoms with Gasteiger partial charge in [0.1, 0.15) is 4.83 Å². The number of benzene rings is 1. The standard InChI is InChI=1S/C17H18N4OS/c1-20-7-9-21(10-8-20)17-18-15(22)14-13(11-23-16(14)19-17)12-5-3-2-4-6-12/h2-6,11H,7-10H2,1H3,(H,18,19,22)/p+1. The third-order valence-electron chi connectivity index (χ3n) is 4.43. The molecule has 1 saturated heterocycles. The predicted molar refractivity (Wildman–Crippen MR) is 94.5 cm³/mol. The zero-order valence-electron chi connectivity index (χ0n) is 13.0. The van der Waals surface area contributed by atoms with Crippen LogP contribution in [0.5, 0.6) is 0 Å². The van der Waals surface area contributed by atoms with Crippen molar-refractivity contribution in [2.24, 2.45) is 0 Å². The first kappa shape index (κ1) is 14.4. The van der Waals surface area contributed by atoms with Crippen LogP contribution in [0, 0.1) is 0 Å². The fraction of sp³-hybridized carbons (Fsp3) is 0.294. The van der Waals surface area contributed by atoms with Gasteiger partial charge in [-0.25, -0.2) is 4.98 Å². The van der Waals surface area contributed by atoms with E-state index in [9.17, 15) is 4.79 Å². The predicted octanol–water partition coefficient (Wildman–Crippen LogP) is 0.986. The molecule has 0 radical (unpaired) electrons. The van der Waals surface area contributed by atoms with Crippen LogP contribution in [0.2, 0.25) is 0 Å². The van der Waals surface area contributed by atoms with Crippen molar-refractivity contribution in [1.82, 2.24) is 9.97 Å². The highest BCUT2D eigenvalue weighted by atomic mass is 32.1. The molecule has 3 aromatic rings. The summed E-state index contributed by atoms with van der Waals surface area (Å²) in [6.45, 7) is 4.00. The average Bonchev–Trinajstić information content (AvgIpc) is 3.01. The molecule has 0 aliphatic carbocycles. The highest BCUT2D eigenvalue weighted by Crippen LogP contribution is 2.31. The van der Waals surface area contributed by atoms with Crippen LogP contribution in [0.25, 0.3) is 21.3 Å². The van der Waals surface area contributed by atoms with Crippen LogP contribution in [0.3, 0.4) is 0 Å². The largest absolute Gasteiger partial charge is 0.334 e. The third-order valence-corrected chi connectivity index (χ3v) is 5.31. The molecule has 1 aliphatic heterocycles. The van der Waals surface area contributed by atoms with E-state index in [0.717, 1.165) is 42.1 Å². The number of anilines is 1. The lowest BCUT2D eigenvalue weighted by Crippen LogP contribution is -3.12. The summed E-state index contributed by atoms with van der Waals surface area (Å²) in [6, 6.07) is 10.0. The number of thiophene rings is 1. The minimum atomic E-state index is -0.0450. The highest BCUT2D eigenvalue weighted by Gasteiger charge is 2.20. The Labute approximate surface area is 138 Å². The summed E-state index contributed by atoms with van der Waals surface area (Å²) in [4.78, 5) is 24.8. The van der Waals surface area contributed by atoms with Crippen molar-refractivity contribution in [1.29, 1.82) is 0 Å². The summed E-state index contributed by atoms with van der Waals surface area (Å²) in [6.07, 6.45) is 0. The molecule has 0 unspecified atom stereocenters. The molecule has 6 heteroatoms.